The third kappa shape index (κ3) is 6.33. The number of nitrogens with one attached hydrogen (secondary N) is 2. The Bertz CT molecular complexity index is 860. The molecule has 0 radical (unpaired) electrons. The second-order valence-electron chi connectivity index (χ2n) is 6.79. The number of hydrogen-bond donors (Lipinski definition) is 2. The van der Waals surface area contributed by atoms with E-state index >= 15 is 0 Å². The first-order valence-corrected chi connectivity index (χ1v) is 9.36. The van der Waals surface area contributed by atoms with Crippen LogP contribution in [0.15, 0.2) is 29.6 Å². The van der Waals surface area contributed by atoms with Crippen molar-refractivity contribution in [2.45, 2.75) is 39.3 Å². The zero-order valence-corrected chi connectivity index (χ0v) is 16.9. The van der Waals surface area contributed by atoms with Gasteiger partial charge >= 0.3 is 12.0 Å². The summed E-state index contributed by atoms with van der Waals surface area (Å²) in [7, 11) is 0. The molecule has 9 heteroatoms. The van der Waals surface area contributed by atoms with E-state index in [-0.39, 0.29) is 5.69 Å². The van der Waals surface area contributed by atoms with Gasteiger partial charge in [0.25, 0.3) is 5.91 Å². The average molecular weight is 410 g/mol. The van der Waals surface area contributed by atoms with Crippen LogP contribution in [0.5, 0.6) is 0 Å². The van der Waals surface area contributed by atoms with Crippen molar-refractivity contribution < 1.29 is 19.1 Å². The van der Waals surface area contributed by atoms with Crippen molar-refractivity contribution in [2.24, 2.45) is 0 Å². The minimum atomic E-state index is -1.15. The zero-order valence-electron chi connectivity index (χ0n) is 15.3. The van der Waals surface area contributed by atoms with Gasteiger partial charge in [0.2, 0.25) is 0 Å². The summed E-state index contributed by atoms with van der Waals surface area (Å²) >= 11 is 7.21. The molecule has 0 saturated heterocycles. The fraction of sp³-hybridized carbons (Fsp3) is 0.333. The van der Waals surface area contributed by atoms with Gasteiger partial charge in [-0.3, -0.25) is 10.1 Å². The Morgan fingerprint density at radius 3 is 2.59 bits per heavy atom. The largest absolute Gasteiger partial charge is 0.448 e. The Hall–Kier alpha value is -2.45. The van der Waals surface area contributed by atoms with Gasteiger partial charge in [-0.2, -0.15) is 0 Å². The van der Waals surface area contributed by atoms with Crippen LogP contribution in [0, 0.1) is 0 Å². The molecule has 0 bridgehead atoms. The van der Waals surface area contributed by atoms with Crippen LogP contribution in [0.3, 0.4) is 0 Å². The minimum absolute atomic E-state index is 0.0776. The molecule has 1 atom stereocenters. The molecule has 3 amide bonds. The lowest BCUT2D eigenvalue weighted by molar-refractivity contribution is -0.127. The molecule has 0 unspecified atom stereocenters. The molecule has 0 aliphatic heterocycles. The normalized spacial score (nSPS) is 12.2. The average Bonchev–Trinajstić information content (AvgIpc) is 3.03. The van der Waals surface area contributed by atoms with Gasteiger partial charge in [0.1, 0.15) is 5.01 Å². The van der Waals surface area contributed by atoms with Crippen LogP contribution in [-0.4, -0.2) is 34.5 Å². The number of carbonyl (C=O) groups excluding carboxylic acids is 3. The summed E-state index contributed by atoms with van der Waals surface area (Å²) < 4.78 is 5.09. The molecule has 2 N–H and O–H groups in total. The summed E-state index contributed by atoms with van der Waals surface area (Å²) in [6, 6.07) is 6.42. The molecule has 1 aromatic carbocycles. The highest BCUT2D eigenvalue weighted by Crippen LogP contribution is 2.26. The molecule has 2 rings (SSSR count). The van der Waals surface area contributed by atoms with Gasteiger partial charge in [-0.1, -0.05) is 23.7 Å². The highest BCUT2D eigenvalue weighted by Gasteiger charge is 2.24. The van der Waals surface area contributed by atoms with Gasteiger partial charge in [0.05, 0.1) is 0 Å². The Morgan fingerprint density at radius 1 is 1.26 bits per heavy atom. The number of thiazole rings is 1. The van der Waals surface area contributed by atoms with E-state index in [0.29, 0.717) is 10.0 Å². The molecule has 27 heavy (non-hydrogen) atoms. The van der Waals surface area contributed by atoms with E-state index in [2.05, 4.69) is 15.6 Å². The Kier molecular flexibility index (Phi) is 6.56. The number of imide groups is 1. The van der Waals surface area contributed by atoms with Crippen molar-refractivity contribution in [3.63, 3.8) is 0 Å². The Labute approximate surface area is 166 Å². The predicted molar refractivity (Wildman–Crippen MR) is 104 cm³/mol. The molecule has 7 nitrogen and oxygen atoms in total. The third-order valence-corrected chi connectivity index (χ3v) is 4.29. The van der Waals surface area contributed by atoms with E-state index in [0.717, 1.165) is 5.56 Å². The Balaban J connectivity index is 1.96. The summed E-state index contributed by atoms with van der Waals surface area (Å²) in [5, 5.41) is 7.42. The van der Waals surface area contributed by atoms with Crippen molar-refractivity contribution in [3.8, 4) is 10.6 Å². The monoisotopic (exact) mass is 409 g/mol. The van der Waals surface area contributed by atoms with Crippen molar-refractivity contribution in [3.05, 3.63) is 40.4 Å². The van der Waals surface area contributed by atoms with Gasteiger partial charge in [-0.15, -0.1) is 11.3 Å². The molecule has 0 spiro atoms. The van der Waals surface area contributed by atoms with E-state index in [1.807, 2.05) is 6.07 Å². The summed E-state index contributed by atoms with van der Waals surface area (Å²) in [6.45, 7) is 6.71. The van der Waals surface area contributed by atoms with Crippen molar-refractivity contribution >= 4 is 40.8 Å². The van der Waals surface area contributed by atoms with Gasteiger partial charge in [0, 0.05) is 21.5 Å². The fourth-order valence-electron chi connectivity index (χ4n) is 1.98. The van der Waals surface area contributed by atoms with Gasteiger partial charge in [0.15, 0.2) is 11.8 Å². The van der Waals surface area contributed by atoms with Crippen LogP contribution in [-0.2, 0) is 9.53 Å². The van der Waals surface area contributed by atoms with Crippen LogP contribution < -0.4 is 10.6 Å². The summed E-state index contributed by atoms with van der Waals surface area (Å²) in [6.07, 6.45) is -1.15. The van der Waals surface area contributed by atoms with Crippen molar-refractivity contribution in [1.82, 2.24) is 15.6 Å². The molecular formula is C18H20ClN3O4S. The number of nitrogens with zero attached hydrogens (tertiary/aromatic N) is 1. The van der Waals surface area contributed by atoms with E-state index < -0.39 is 29.6 Å². The van der Waals surface area contributed by atoms with Crippen LogP contribution >= 0.6 is 22.9 Å². The maximum Gasteiger partial charge on any atom is 0.358 e. The molecule has 1 aromatic heterocycles. The summed E-state index contributed by atoms with van der Waals surface area (Å²) in [5.41, 5.74) is 0.353. The van der Waals surface area contributed by atoms with E-state index in [1.54, 1.807) is 39.0 Å². The Morgan fingerprint density at radius 2 is 1.96 bits per heavy atom. The molecule has 2 aromatic rings. The van der Waals surface area contributed by atoms with Crippen molar-refractivity contribution in [1.29, 1.82) is 0 Å². The molecule has 0 fully saturated rings. The molecule has 0 aliphatic rings. The van der Waals surface area contributed by atoms with E-state index in [4.69, 9.17) is 16.3 Å². The van der Waals surface area contributed by atoms with Crippen LogP contribution in [0.1, 0.15) is 38.2 Å². The first kappa shape index (κ1) is 20.9. The minimum Gasteiger partial charge on any atom is -0.448 e. The standard InChI is InChI=1S/C18H20ClN3O4S/c1-10(14(23)21-17(25)22-18(2,3)4)26-16(24)13-9-27-15(20-13)11-6-5-7-12(19)8-11/h5-10H,1-4H3,(H2,21,22,23,25)/t10-/m0/s1. The maximum absolute atomic E-state index is 12.2. The van der Waals surface area contributed by atoms with Gasteiger partial charge in [-0.05, 0) is 39.8 Å². The first-order chi connectivity index (χ1) is 12.5. The van der Waals surface area contributed by atoms with Crippen LogP contribution in [0.2, 0.25) is 5.02 Å². The molecular weight excluding hydrogens is 390 g/mol. The lowest BCUT2D eigenvalue weighted by Gasteiger charge is -2.21. The molecule has 1 heterocycles. The summed E-state index contributed by atoms with van der Waals surface area (Å²) in [4.78, 5) is 40.1. The zero-order chi connectivity index (χ0) is 20.2. The first-order valence-electron chi connectivity index (χ1n) is 8.10. The topological polar surface area (TPSA) is 97.4 Å². The SMILES string of the molecule is C[C@H](OC(=O)c1csc(-c2cccc(Cl)c2)n1)C(=O)NC(=O)NC(C)(C)C. The van der Waals surface area contributed by atoms with E-state index in [1.165, 1.54) is 23.6 Å². The van der Waals surface area contributed by atoms with Crippen LogP contribution in [0.4, 0.5) is 4.79 Å². The number of aromatic nitrogens is 1. The molecule has 0 aliphatic carbocycles. The predicted octanol–water partition coefficient (Wildman–Crippen LogP) is 3.63. The smallest absolute Gasteiger partial charge is 0.358 e. The number of esters is 1. The molecule has 0 saturated carbocycles. The number of amides is 3. The maximum atomic E-state index is 12.2. The lowest BCUT2D eigenvalue weighted by atomic mass is 10.1. The third-order valence-electron chi connectivity index (χ3n) is 3.16. The molecule has 144 valence electrons. The number of hydrogen-bond acceptors (Lipinski definition) is 6. The van der Waals surface area contributed by atoms with Gasteiger partial charge < -0.3 is 10.1 Å². The number of rotatable bonds is 4. The number of carbonyl (C=O) groups is 3. The van der Waals surface area contributed by atoms with Crippen LogP contribution in [0.25, 0.3) is 10.6 Å². The highest BCUT2D eigenvalue weighted by atomic mass is 35.5. The number of ether oxygens (including phenoxy) is 1. The number of urea groups is 1. The highest BCUT2D eigenvalue weighted by molar-refractivity contribution is 7.13. The van der Waals surface area contributed by atoms with E-state index in [9.17, 15) is 14.4 Å². The number of halogens is 1. The van der Waals surface area contributed by atoms with Gasteiger partial charge in [-0.25, -0.2) is 14.6 Å². The summed E-state index contributed by atoms with van der Waals surface area (Å²) in [5.74, 6) is -1.48. The second kappa shape index (κ2) is 8.49. The number of benzene rings is 1. The second-order valence-corrected chi connectivity index (χ2v) is 8.08. The fourth-order valence-corrected chi connectivity index (χ4v) is 2.96. The quantitative estimate of drug-likeness (QED) is 0.751. The lowest BCUT2D eigenvalue weighted by Crippen LogP contribution is -2.50. The van der Waals surface area contributed by atoms with Crippen molar-refractivity contribution in [2.75, 3.05) is 0 Å².